The maximum Gasteiger partial charge on any atom is 0.416 e. The van der Waals surface area contributed by atoms with Crippen LogP contribution in [0.2, 0.25) is 0 Å². The zero-order valence-electron chi connectivity index (χ0n) is 13.5. The van der Waals surface area contributed by atoms with Gasteiger partial charge in [0.25, 0.3) is 11.8 Å². The van der Waals surface area contributed by atoms with E-state index in [0.29, 0.717) is 4.90 Å². The molecule has 2 atom stereocenters. The summed E-state index contributed by atoms with van der Waals surface area (Å²) >= 11 is 0. The zero-order chi connectivity index (χ0) is 17.9. The normalized spacial score (nSPS) is 17.0. The third kappa shape index (κ3) is 5.23. The summed E-state index contributed by atoms with van der Waals surface area (Å²) in [5, 5.41) is 5.42. The van der Waals surface area contributed by atoms with Gasteiger partial charge in [0.15, 0.2) is 12.6 Å². The Hall–Kier alpha value is -2.09. The molecule has 2 amide bonds. The molecule has 2 rings (SSSR count). The highest BCUT2D eigenvalue weighted by Gasteiger charge is 2.30. The van der Waals surface area contributed by atoms with Crippen molar-refractivity contribution in [2.24, 2.45) is 0 Å². The summed E-state index contributed by atoms with van der Waals surface area (Å²) < 4.78 is 37.5. The molecule has 1 fully saturated rings. The number of carbonyl (C=O) groups excluding carboxylic acids is 2. The molecule has 0 aliphatic heterocycles. The smallest absolute Gasteiger partial charge is 0.348 e. The van der Waals surface area contributed by atoms with Gasteiger partial charge in [-0.2, -0.15) is 13.2 Å². The van der Waals surface area contributed by atoms with Crippen LogP contribution in [-0.2, 0) is 15.8 Å². The first-order chi connectivity index (χ1) is 11.2. The second-order valence-electron chi connectivity index (χ2n) is 6.15. The Morgan fingerprint density at radius 2 is 1.83 bits per heavy atom. The number of hydrogen-bond acceptors (Lipinski definition) is 2. The van der Waals surface area contributed by atoms with Gasteiger partial charge in [-0.15, -0.1) is 0 Å². The molecule has 0 aromatic heterocycles. The molecule has 0 saturated heterocycles. The van der Waals surface area contributed by atoms with Crippen LogP contribution in [0.1, 0.15) is 25.3 Å². The fraction of sp³-hybridized carbons (Fsp3) is 0.500. The quantitative estimate of drug-likeness (QED) is 0.716. The molecule has 1 aromatic carbocycles. The number of alkyl halides is 3. The van der Waals surface area contributed by atoms with Crippen molar-refractivity contribution >= 4 is 17.5 Å². The van der Waals surface area contributed by atoms with Crippen LogP contribution in [0.3, 0.4) is 0 Å². The van der Waals surface area contributed by atoms with Crippen molar-refractivity contribution in [2.45, 2.75) is 38.0 Å². The number of benzene rings is 1. The van der Waals surface area contributed by atoms with Crippen LogP contribution in [0.5, 0.6) is 0 Å². The monoisotopic (exact) mass is 344 g/mol. The van der Waals surface area contributed by atoms with E-state index >= 15 is 0 Å². The van der Waals surface area contributed by atoms with Crippen LogP contribution in [0, 0.1) is 0 Å². The molecule has 24 heavy (non-hydrogen) atoms. The predicted molar refractivity (Wildman–Crippen MR) is 82.5 cm³/mol. The fourth-order valence-corrected chi connectivity index (χ4v) is 2.13. The first-order valence-corrected chi connectivity index (χ1v) is 7.76. The summed E-state index contributed by atoms with van der Waals surface area (Å²) in [6.45, 7) is 1.83. The van der Waals surface area contributed by atoms with E-state index in [4.69, 9.17) is 0 Å². The van der Waals surface area contributed by atoms with Gasteiger partial charge in [0.05, 0.1) is 12.6 Å². The minimum Gasteiger partial charge on any atom is -0.348 e. The highest BCUT2D eigenvalue weighted by molar-refractivity contribution is 5.93. The van der Waals surface area contributed by atoms with E-state index in [1.54, 1.807) is 14.0 Å². The molecule has 132 valence electrons. The highest BCUT2D eigenvalue weighted by atomic mass is 19.4. The lowest BCUT2D eigenvalue weighted by Crippen LogP contribution is -3.15. The number of amides is 2. The molecule has 1 aliphatic rings. The maximum absolute atomic E-state index is 12.5. The Bertz CT molecular complexity index is 598. The van der Waals surface area contributed by atoms with Gasteiger partial charge in [0.1, 0.15) is 0 Å². The van der Waals surface area contributed by atoms with Crippen LogP contribution >= 0.6 is 0 Å². The minimum atomic E-state index is -4.41. The average Bonchev–Trinajstić information content (AvgIpc) is 3.29. The second-order valence-corrected chi connectivity index (χ2v) is 6.15. The number of hydrogen-bond donors (Lipinski definition) is 3. The van der Waals surface area contributed by atoms with E-state index in [9.17, 15) is 22.8 Å². The van der Waals surface area contributed by atoms with Crippen molar-refractivity contribution in [3.63, 3.8) is 0 Å². The lowest BCUT2D eigenvalue weighted by molar-refractivity contribution is -0.885. The Labute approximate surface area is 138 Å². The number of rotatable bonds is 6. The predicted octanol–water partition coefficient (Wildman–Crippen LogP) is 0.826. The molecule has 8 heteroatoms. The molecule has 0 heterocycles. The number of likely N-dealkylation sites (N-methyl/N-ethyl adjacent to an activating group) is 1. The standard InChI is InChI=1S/C16H20F3N3O2/c1-10(22(2)9-14(23)20-12-7-8-12)15(24)21-13-5-3-11(4-6-13)16(17,18)19/h3-6,10,12H,7-9H2,1-2H3,(H,20,23)(H,21,24)/p+1/t10-/m0/s1. The van der Waals surface area contributed by atoms with Crippen molar-refractivity contribution in [1.29, 1.82) is 0 Å². The van der Waals surface area contributed by atoms with Gasteiger partial charge < -0.3 is 15.5 Å². The van der Waals surface area contributed by atoms with E-state index in [1.807, 2.05) is 0 Å². The molecule has 1 unspecified atom stereocenters. The van der Waals surface area contributed by atoms with Crippen molar-refractivity contribution in [2.75, 3.05) is 18.9 Å². The number of anilines is 1. The lowest BCUT2D eigenvalue weighted by Gasteiger charge is -2.20. The summed E-state index contributed by atoms with van der Waals surface area (Å²) in [4.78, 5) is 24.6. The van der Waals surface area contributed by atoms with Gasteiger partial charge in [0.2, 0.25) is 0 Å². The molecule has 0 bridgehead atoms. The number of halogens is 3. The zero-order valence-corrected chi connectivity index (χ0v) is 13.5. The maximum atomic E-state index is 12.5. The second kappa shape index (κ2) is 7.21. The van der Waals surface area contributed by atoms with E-state index in [-0.39, 0.29) is 30.1 Å². The summed E-state index contributed by atoms with van der Waals surface area (Å²) in [5.41, 5.74) is -0.483. The first-order valence-electron chi connectivity index (χ1n) is 7.76. The van der Waals surface area contributed by atoms with Gasteiger partial charge in [-0.3, -0.25) is 9.59 Å². The topological polar surface area (TPSA) is 62.6 Å². The Kier molecular flexibility index (Phi) is 5.48. The first kappa shape index (κ1) is 18.3. The molecule has 0 radical (unpaired) electrons. The largest absolute Gasteiger partial charge is 0.416 e. The van der Waals surface area contributed by atoms with Gasteiger partial charge in [-0.1, -0.05) is 0 Å². The van der Waals surface area contributed by atoms with Crippen molar-refractivity contribution in [1.82, 2.24) is 5.32 Å². The molecule has 0 spiro atoms. The van der Waals surface area contributed by atoms with Crippen molar-refractivity contribution in [3.05, 3.63) is 29.8 Å². The molecule has 5 nitrogen and oxygen atoms in total. The summed E-state index contributed by atoms with van der Waals surface area (Å²) in [6, 6.07) is 4.00. The van der Waals surface area contributed by atoms with Crippen molar-refractivity contribution < 1.29 is 27.7 Å². The van der Waals surface area contributed by atoms with Crippen LogP contribution < -0.4 is 15.5 Å². The SMILES string of the molecule is C[C@@H](C(=O)Nc1ccc(C(F)(F)F)cc1)[NH+](C)CC(=O)NC1CC1. The van der Waals surface area contributed by atoms with Gasteiger partial charge in [-0.25, -0.2) is 0 Å². The van der Waals surface area contributed by atoms with Crippen molar-refractivity contribution in [3.8, 4) is 0 Å². The Morgan fingerprint density at radius 1 is 1.25 bits per heavy atom. The summed E-state index contributed by atoms with van der Waals surface area (Å²) in [5.74, 6) is -0.462. The number of nitrogens with one attached hydrogen (secondary N) is 3. The van der Waals surface area contributed by atoms with E-state index in [0.717, 1.165) is 25.0 Å². The summed E-state index contributed by atoms with van der Waals surface area (Å²) in [6.07, 6.45) is -2.42. The Balaban J connectivity index is 1.86. The number of quaternary nitrogens is 1. The van der Waals surface area contributed by atoms with Gasteiger partial charge in [-0.05, 0) is 44.0 Å². The third-order valence-electron chi connectivity index (χ3n) is 3.99. The van der Waals surface area contributed by atoms with Crippen LogP contribution in [0.25, 0.3) is 0 Å². The van der Waals surface area contributed by atoms with Crippen LogP contribution in [0.15, 0.2) is 24.3 Å². The van der Waals surface area contributed by atoms with E-state index in [1.165, 1.54) is 12.1 Å². The van der Waals surface area contributed by atoms with E-state index in [2.05, 4.69) is 10.6 Å². The summed E-state index contributed by atoms with van der Waals surface area (Å²) in [7, 11) is 1.73. The minimum absolute atomic E-state index is 0.107. The average molecular weight is 344 g/mol. The lowest BCUT2D eigenvalue weighted by atomic mass is 10.2. The molecule has 1 aromatic rings. The molecule has 1 saturated carbocycles. The van der Waals surface area contributed by atoms with Crippen LogP contribution in [-0.4, -0.2) is 37.5 Å². The van der Waals surface area contributed by atoms with E-state index < -0.39 is 17.8 Å². The number of carbonyl (C=O) groups is 2. The highest BCUT2D eigenvalue weighted by Crippen LogP contribution is 2.29. The molecule has 3 N–H and O–H groups in total. The fourth-order valence-electron chi connectivity index (χ4n) is 2.13. The molecule has 1 aliphatic carbocycles. The van der Waals surface area contributed by atoms with Gasteiger partial charge >= 0.3 is 6.18 Å². The Morgan fingerprint density at radius 3 is 2.33 bits per heavy atom. The molecular weight excluding hydrogens is 323 g/mol. The van der Waals surface area contributed by atoms with Gasteiger partial charge in [0, 0.05) is 11.7 Å². The molecular formula is C16H21F3N3O2+. The van der Waals surface area contributed by atoms with Crippen LogP contribution in [0.4, 0.5) is 18.9 Å². The third-order valence-corrected chi connectivity index (χ3v) is 3.99.